The first-order valence-electron chi connectivity index (χ1n) is 5.53. The van der Waals surface area contributed by atoms with Gasteiger partial charge in [-0.15, -0.1) is 0 Å². The van der Waals surface area contributed by atoms with E-state index in [1.165, 1.54) is 11.1 Å². The quantitative estimate of drug-likeness (QED) is 0.736. The van der Waals surface area contributed by atoms with Crippen LogP contribution >= 0.6 is 0 Å². The molecule has 3 heteroatoms. The van der Waals surface area contributed by atoms with Gasteiger partial charge >= 0.3 is 0 Å². The summed E-state index contributed by atoms with van der Waals surface area (Å²) in [4.78, 5) is 11.8. The molecule has 1 unspecified atom stereocenters. The fraction of sp³-hybridized carbons (Fsp3) is 0.308. The maximum Gasteiger partial charge on any atom is 0.228 e. The van der Waals surface area contributed by atoms with Crippen molar-refractivity contribution in [3.8, 4) is 0 Å². The third kappa shape index (κ3) is 2.14. The van der Waals surface area contributed by atoms with Gasteiger partial charge in [0.15, 0.2) is 0 Å². The summed E-state index contributed by atoms with van der Waals surface area (Å²) in [6, 6.07) is 8.09. The summed E-state index contributed by atoms with van der Waals surface area (Å²) in [5.74, 6) is 0.155. The molecule has 0 bridgehead atoms. The van der Waals surface area contributed by atoms with Crippen LogP contribution in [0.4, 0.5) is 0 Å². The SMILES string of the molecule is NC/C=C/CNC(=O)C1Cc2ccccc21. The summed E-state index contributed by atoms with van der Waals surface area (Å²) in [7, 11) is 0. The van der Waals surface area contributed by atoms with Gasteiger partial charge in [0.1, 0.15) is 0 Å². The molecule has 1 aromatic carbocycles. The number of nitrogens with two attached hydrogens (primary N) is 1. The van der Waals surface area contributed by atoms with Crippen LogP contribution in [0.3, 0.4) is 0 Å². The van der Waals surface area contributed by atoms with Crippen LogP contribution in [0.2, 0.25) is 0 Å². The predicted molar refractivity (Wildman–Crippen MR) is 64.1 cm³/mol. The Morgan fingerprint density at radius 2 is 2.25 bits per heavy atom. The van der Waals surface area contributed by atoms with Gasteiger partial charge in [0.2, 0.25) is 5.91 Å². The molecule has 84 valence electrons. The van der Waals surface area contributed by atoms with Gasteiger partial charge in [-0.25, -0.2) is 0 Å². The Morgan fingerprint density at radius 1 is 1.44 bits per heavy atom. The number of rotatable bonds is 4. The smallest absolute Gasteiger partial charge is 0.228 e. The molecule has 16 heavy (non-hydrogen) atoms. The molecule has 0 aliphatic heterocycles. The number of carbonyl (C=O) groups is 1. The minimum Gasteiger partial charge on any atom is -0.352 e. The molecule has 1 atom stereocenters. The number of hydrogen-bond acceptors (Lipinski definition) is 2. The number of nitrogens with one attached hydrogen (secondary N) is 1. The van der Waals surface area contributed by atoms with Crippen molar-refractivity contribution >= 4 is 5.91 Å². The Labute approximate surface area is 95.3 Å². The van der Waals surface area contributed by atoms with E-state index in [0.29, 0.717) is 13.1 Å². The zero-order chi connectivity index (χ0) is 11.4. The zero-order valence-electron chi connectivity index (χ0n) is 9.15. The lowest BCUT2D eigenvalue weighted by Crippen LogP contribution is -2.35. The van der Waals surface area contributed by atoms with Gasteiger partial charge in [-0.2, -0.15) is 0 Å². The van der Waals surface area contributed by atoms with E-state index >= 15 is 0 Å². The highest BCUT2D eigenvalue weighted by Crippen LogP contribution is 2.34. The average Bonchev–Trinajstić information content (AvgIpc) is 2.26. The molecule has 3 nitrogen and oxygen atoms in total. The molecule has 0 aromatic heterocycles. The highest BCUT2D eigenvalue weighted by atomic mass is 16.1. The maximum absolute atomic E-state index is 11.8. The Balaban J connectivity index is 1.87. The third-order valence-corrected chi connectivity index (χ3v) is 2.87. The minimum atomic E-state index is 0.0440. The largest absolute Gasteiger partial charge is 0.352 e. The molecule has 1 aliphatic carbocycles. The molecule has 0 fully saturated rings. The lowest BCUT2D eigenvalue weighted by Gasteiger charge is -2.28. The van der Waals surface area contributed by atoms with Crippen molar-refractivity contribution in [1.82, 2.24) is 5.32 Å². The van der Waals surface area contributed by atoms with Crippen LogP contribution in [0.15, 0.2) is 36.4 Å². The van der Waals surface area contributed by atoms with Gasteiger partial charge in [-0.1, -0.05) is 36.4 Å². The van der Waals surface area contributed by atoms with Gasteiger partial charge in [-0.3, -0.25) is 4.79 Å². The van der Waals surface area contributed by atoms with E-state index < -0.39 is 0 Å². The monoisotopic (exact) mass is 216 g/mol. The van der Waals surface area contributed by atoms with E-state index in [1.807, 2.05) is 30.4 Å². The van der Waals surface area contributed by atoms with E-state index in [9.17, 15) is 4.79 Å². The molecule has 0 heterocycles. The third-order valence-electron chi connectivity index (χ3n) is 2.87. The van der Waals surface area contributed by atoms with E-state index in [2.05, 4.69) is 11.4 Å². The molecule has 2 rings (SSSR count). The summed E-state index contributed by atoms with van der Waals surface area (Å²) in [5, 5.41) is 2.88. The van der Waals surface area contributed by atoms with Crippen molar-refractivity contribution in [3.05, 3.63) is 47.5 Å². The summed E-state index contributed by atoms with van der Waals surface area (Å²) in [6.07, 6.45) is 4.58. The van der Waals surface area contributed by atoms with Crippen LogP contribution in [-0.2, 0) is 11.2 Å². The summed E-state index contributed by atoms with van der Waals surface area (Å²) in [5.41, 5.74) is 7.77. The topological polar surface area (TPSA) is 55.1 Å². The second-order valence-electron chi connectivity index (χ2n) is 3.91. The van der Waals surface area contributed by atoms with Crippen LogP contribution in [-0.4, -0.2) is 19.0 Å². The van der Waals surface area contributed by atoms with Crippen LogP contribution < -0.4 is 11.1 Å². The first kappa shape index (κ1) is 10.9. The second kappa shape index (κ2) is 4.94. The summed E-state index contributed by atoms with van der Waals surface area (Å²) < 4.78 is 0. The average molecular weight is 216 g/mol. The molecule has 0 radical (unpaired) electrons. The fourth-order valence-corrected chi connectivity index (χ4v) is 1.96. The molecule has 1 aliphatic rings. The molecule has 1 aromatic rings. The van der Waals surface area contributed by atoms with Crippen molar-refractivity contribution in [3.63, 3.8) is 0 Å². The van der Waals surface area contributed by atoms with Crippen LogP contribution in [0.25, 0.3) is 0 Å². The van der Waals surface area contributed by atoms with Gasteiger partial charge < -0.3 is 11.1 Å². The first-order valence-corrected chi connectivity index (χ1v) is 5.53. The zero-order valence-corrected chi connectivity index (χ0v) is 9.15. The van der Waals surface area contributed by atoms with E-state index in [0.717, 1.165) is 6.42 Å². The van der Waals surface area contributed by atoms with E-state index in [-0.39, 0.29) is 11.8 Å². The second-order valence-corrected chi connectivity index (χ2v) is 3.91. The number of amides is 1. The maximum atomic E-state index is 11.8. The Hall–Kier alpha value is -1.61. The lowest BCUT2D eigenvalue weighted by molar-refractivity contribution is -0.122. The molecule has 0 saturated carbocycles. The fourth-order valence-electron chi connectivity index (χ4n) is 1.96. The van der Waals surface area contributed by atoms with E-state index in [1.54, 1.807) is 0 Å². The molecule has 3 N–H and O–H groups in total. The molecule has 0 saturated heterocycles. The predicted octanol–water partition coefficient (Wildman–Crippen LogP) is 0.957. The normalized spacial score (nSPS) is 17.9. The standard InChI is InChI=1S/C13H16N2O/c14-7-3-4-8-15-13(16)12-9-10-5-1-2-6-11(10)12/h1-6,12H,7-9,14H2,(H,15,16)/b4-3+. The summed E-state index contributed by atoms with van der Waals surface area (Å²) >= 11 is 0. The van der Waals surface area contributed by atoms with E-state index in [4.69, 9.17) is 5.73 Å². The van der Waals surface area contributed by atoms with Crippen molar-refractivity contribution in [1.29, 1.82) is 0 Å². The van der Waals surface area contributed by atoms with Crippen LogP contribution in [0.1, 0.15) is 17.0 Å². The van der Waals surface area contributed by atoms with Gasteiger partial charge in [0.05, 0.1) is 5.92 Å². The Morgan fingerprint density at radius 3 is 3.00 bits per heavy atom. The molecule has 1 amide bonds. The molecular formula is C13H16N2O. The highest BCUT2D eigenvalue weighted by molar-refractivity contribution is 5.86. The first-order chi connectivity index (χ1) is 7.83. The Kier molecular flexibility index (Phi) is 3.37. The highest BCUT2D eigenvalue weighted by Gasteiger charge is 2.30. The minimum absolute atomic E-state index is 0.0440. The molecular weight excluding hydrogens is 200 g/mol. The van der Waals surface area contributed by atoms with Crippen LogP contribution in [0, 0.1) is 0 Å². The van der Waals surface area contributed by atoms with Gasteiger partial charge in [0, 0.05) is 13.1 Å². The van der Waals surface area contributed by atoms with Crippen molar-refractivity contribution in [2.75, 3.05) is 13.1 Å². The van der Waals surface area contributed by atoms with Gasteiger partial charge in [0.25, 0.3) is 0 Å². The van der Waals surface area contributed by atoms with Crippen LogP contribution in [0.5, 0.6) is 0 Å². The lowest BCUT2D eigenvalue weighted by atomic mass is 9.77. The number of carbonyl (C=O) groups excluding carboxylic acids is 1. The van der Waals surface area contributed by atoms with Gasteiger partial charge in [-0.05, 0) is 17.5 Å². The van der Waals surface area contributed by atoms with Crippen molar-refractivity contribution < 1.29 is 4.79 Å². The number of fused-ring (bicyclic) bond motifs is 1. The summed E-state index contributed by atoms with van der Waals surface area (Å²) in [6.45, 7) is 1.08. The number of hydrogen-bond donors (Lipinski definition) is 2. The Bertz CT molecular complexity index is 412. The van der Waals surface area contributed by atoms with Crippen molar-refractivity contribution in [2.45, 2.75) is 12.3 Å². The number of benzene rings is 1. The molecule has 0 spiro atoms. The van der Waals surface area contributed by atoms with Crippen molar-refractivity contribution in [2.24, 2.45) is 5.73 Å².